The highest BCUT2D eigenvalue weighted by atomic mass is 32.1. The predicted molar refractivity (Wildman–Crippen MR) is 256 cm³/mol. The number of para-hydroxylation sites is 1. The van der Waals surface area contributed by atoms with E-state index < -0.39 is 0 Å². The zero-order chi connectivity index (χ0) is 40.0. The SMILES string of the molecule is CC(C)(C)c1ccc(N2B3c4cc5c(cc4-n4c6cc7c(cc6c6ccc(c3c64)-c3cc4oc6ccccc6c4cc32)sc2ccccc27)C(C)(C)c2ccccc2-5)cc1. The number of hydrogen-bond acceptors (Lipinski definition) is 3. The van der Waals surface area contributed by atoms with Crippen LogP contribution in [-0.4, -0.2) is 11.4 Å². The Morgan fingerprint density at radius 2 is 1.33 bits per heavy atom. The van der Waals surface area contributed by atoms with Gasteiger partial charge in [-0.3, -0.25) is 0 Å². The van der Waals surface area contributed by atoms with Crippen LogP contribution in [0.1, 0.15) is 51.3 Å². The molecule has 0 atom stereocenters. The van der Waals surface area contributed by atoms with Gasteiger partial charge in [0, 0.05) is 69.8 Å². The number of aromatic nitrogens is 1. The molecule has 0 N–H and O–H groups in total. The first-order valence-electron chi connectivity index (χ1n) is 21.2. The Morgan fingerprint density at radius 3 is 2.18 bits per heavy atom. The fraction of sp³-hybridized carbons (Fsp3) is 0.127. The maximum absolute atomic E-state index is 6.63. The van der Waals surface area contributed by atoms with Crippen molar-refractivity contribution >= 4 is 104 Å². The second kappa shape index (κ2) is 11.0. The van der Waals surface area contributed by atoms with Gasteiger partial charge in [-0.15, -0.1) is 11.3 Å². The molecule has 11 aromatic rings. The Balaban J connectivity index is 1.17. The van der Waals surface area contributed by atoms with Crippen LogP contribution in [-0.2, 0) is 10.8 Å². The van der Waals surface area contributed by atoms with Crippen LogP contribution in [0.2, 0.25) is 0 Å². The summed E-state index contributed by atoms with van der Waals surface area (Å²) in [7, 11) is 0. The van der Waals surface area contributed by atoms with E-state index in [1.807, 2.05) is 11.3 Å². The van der Waals surface area contributed by atoms with Crippen molar-refractivity contribution < 1.29 is 4.42 Å². The zero-order valence-electron chi connectivity index (χ0n) is 34.1. The molecule has 2 aliphatic heterocycles. The normalized spacial score (nSPS) is 14.8. The highest BCUT2D eigenvalue weighted by Crippen LogP contribution is 2.52. The van der Waals surface area contributed by atoms with Crippen molar-refractivity contribution in [3.8, 4) is 27.9 Å². The molecule has 3 aromatic heterocycles. The van der Waals surface area contributed by atoms with Crippen LogP contribution in [0, 0.1) is 0 Å². The summed E-state index contributed by atoms with van der Waals surface area (Å²) in [6, 6.07) is 55.5. The van der Waals surface area contributed by atoms with Gasteiger partial charge in [0.2, 0.25) is 0 Å². The van der Waals surface area contributed by atoms with Gasteiger partial charge in [0.15, 0.2) is 0 Å². The van der Waals surface area contributed by atoms with Crippen LogP contribution >= 0.6 is 11.3 Å². The summed E-state index contributed by atoms with van der Waals surface area (Å²) < 4.78 is 11.9. The monoisotopic (exact) mass is 786 g/mol. The Kier molecular flexibility index (Phi) is 6.09. The first-order chi connectivity index (χ1) is 29.1. The summed E-state index contributed by atoms with van der Waals surface area (Å²) in [6.07, 6.45) is 0. The maximum Gasteiger partial charge on any atom is 0.333 e. The van der Waals surface area contributed by atoms with Gasteiger partial charge in [-0.2, -0.15) is 0 Å². The molecule has 0 bridgehead atoms. The minimum Gasteiger partial charge on any atom is -0.456 e. The lowest BCUT2D eigenvalue weighted by Gasteiger charge is -2.42. The molecule has 5 heteroatoms. The number of rotatable bonds is 1. The van der Waals surface area contributed by atoms with Crippen LogP contribution in [0.25, 0.3) is 91.9 Å². The Labute approximate surface area is 352 Å². The number of benzene rings is 8. The molecular weight excluding hydrogens is 747 g/mol. The van der Waals surface area contributed by atoms with E-state index in [2.05, 4.69) is 190 Å². The first-order valence-corrected chi connectivity index (χ1v) is 22.0. The molecule has 5 heterocycles. The van der Waals surface area contributed by atoms with Gasteiger partial charge in [-0.1, -0.05) is 126 Å². The van der Waals surface area contributed by atoms with Gasteiger partial charge in [0.1, 0.15) is 11.2 Å². The van der Waals surface area contributed by atoms with Crippen molar-refractivity contribution in [3.05, 3.63) is 162 Å². The lowest BCUT2D eigenvalue weighted by atomic mass is 9.43. The largest absolute Gasteiger partial charge is 0.456 e. The third-order valence-electron chi connectivity index (χ3n) is 14.3. The van der Waals surface area contributed by atoms with Crippen LogP contribution in [0.5, 0.6) is 0 Å². The van der Waals surface area contributed by atoms with E-state index in [-0.39, 0.29) is 17.7 Å². The van der Waals surface area contributed by atoms with Crippen LogP contribution in [0.3, 0.4) is 0 Å². The molecule has 3 nitrogen and oxygen atoms in total. The van der Waals surface area contributed by atoms with Gasteiger partial charge in [0.25, 0.3) is 0 Å². The third kappa shape index (κ3) is 4.07. The van der Waals surface area contributed by atoms with E-state index in [0.717, 1.165) is 21.9 Å². The standard InChI is InChI=1S/C55H39BN2OS/c1-54(2,3)30-18-20-31(21-19-30)58-46-25-40-33-13-7-10-16-48(33)59-49(40)27-38(46)35-22-23-36-39-28-51-41(34-14-8-11-17-50(34)60-51)26-45(39)57-47-29-43-37(24-44(47)56(58)52(35)53(36)57)32-12-6-9-15-42(32)55(43,4)5/h6-29H,1-5H3. The van der Waals surface area contributed by atoms with Gasteiger partial charge >= 0.3 is 6.85 Å². The molecule has 0 spiro atoms. The van der Waals surface area contributed by atoms with Crippen molar-refractivity contribution in [1.82, 2.24) is 4.57 Å². The van der Waals surface area contributed by atoms with E-state index in [0.29, 0.717) is 0 Å². The highest BCUT2D eigenvalue weighted by molar-refractivity contribution is 7.25. The Bertz CT molecular complexity index is 3740. The molecule has 284 valence electrons. The highest BCUT2D eigenvalue weighted by Gasteiger charge is 2.46. The van der Waals surface area contributed by atoms with Crippen molar-refractivity contribution in [2.45, 2.75) is 45.4 Å². The number of furan rings is 1. The Morgan fingerprint density at radius 1 is 0.550 bits per heavy atom. The van der Waals surface area contributed by atoms with Crippen molar-refractivity contribution in [2.24, 2.45) is 0 Å². The van der Waals surface area contributed by atoms with Crippen LogP contribution in [0.4, 0.5) is 11.4 Å². The van der Waals surface area contributed by atoms with Gasteiger partial charge in [0.05, 0.1) is 11.0 Å². The molecule has 0 radical (unpaired) electrons. The molecule has 14 rings (SSSR count). The Hall–Kier alpha value is -6.56. The number of anilines is 2. The summed E-state index contributed by atoms with van der Waals surface area (Å²) in [5.74, 6) is 0. The summed E-state index contributed by atoms with van der Waals surface area (Å²) >= 11 is 1.90. The summed E-state index contributed by atoms with van der Waals surface area (Å²) in [6.45, 7) is 11.6. The fourth-order valence-corrected chi connectivity index (χ4v) is 12.5. The number of thiophene rings is 1. The molecule has 0 saturated heterocycles. The molecule has 0 unspecified atom stereocenters. The second-order valence-electron chi connectivity index (χ2n) is 18.9. The van der Waals surface area contributed by atoms with Crippen molar-refractivity contribution in [1.29, 1.82) is 0 Å². The molecule has 8 aromatic carbocycles. The van der Waals surface area contributed by atoms with Gasteiger partial charge in [-0.25, -0.2) is 0 Å². The topological polar surface area (TPSA) is 21.3 Å². The first kappa shape index (κ1) is 33.3. The molecule has 0 saturated carbocycles. The average molecular weight is 787 g/mol. The van der Waals surface area contributed by atoms with Gasteiger partial charge in [-0.05, 0) is 104 Å². The number of nitrogens with zero attached hydrogens (tertiary/aromatic N) is 2. The van der Waals surface area contributed by atoms with E-state index in [4.69, 9.17) is 4.42 Å². The molecule has 0 fully saturated rings. The van der Waals surface area contributed by atoms with Crippen LogP contribution < -0.4 is 15.7 Å². The quantitative estimate of drug-likeness (QED) is 0.155. The maximum atomic E-state index is 6.63. The smallest absolute Gasteiger partial charge is 0.333 e. The minimum atomic E-state index is -0.141. The third-order valence-corrected chi connectivity index (χ3v) is 15.5. The zero-order valence-corrected chi connectivity index (χ0v) is 35.0. The van der Waals surface area contributed by atoms with Crippen molar-refractivity contribution in [2.75, 3.05) is 4.81 Å². The lowest BCUT2D eigenvalue weighted by Crippen LogP contribution is -2.60. The summed E-state index contributed by atoms with van der Waals surface area (Å²) in [4.78, 5) is 2.66. The minimum absolute atomic E-state index is 0.0389. The van der Waals surface area contributed by atoms with Crippen molar-refractivity contribution in [3.63, 3.8) is 0 Å². The summed E-state index contributed by atoms with van der Waals surface area (Å²) in [5, 5.41) is 7.55. The van der Waals surface area contributed by atoms with E-state index in [9.17, 15) is 0 Å². The number of hydrogen-bond donors (Lipinski definition) is 0. The summed E-state index contributed by atoms with van der Waals surface area (Å²) in [5.41, 5.74) is 20.0. The fourth-order valence-electron chi connectivity index (χ4n) is 11.4. The van der Waals surface area contributed by atoms with E-state index in [1.54, 1.807) is 0 Å². The second-order valence-corrected chi connectivity index (χ2v) is 20.0. The number of fused-ring (bicyclic) bond motifs is 17. The molecular formula is C55H39BN2OS. The molecule has 0 amide bonds. The average Bonchev–Trinajstić information content (AvgIpc) is 3.97. The molecule has 3 aliphatic rings. The van der Waals surface area contributed by atoms with Crippen LogP contribution in [0.15, 0.2) is 150 Å². The molecule has 1 aliphatic carbocycles. The van der Waals surface area contributed by atoms with Gasteiger partial charge < -0.3 is 13.8 Å². The van der Waals surface area contributed by atoms with E-state index in [1.165, 1.54) is 109 Å². The molecule has 60 heavy (non-hydrogen) atoms. The van der Waals surface area contributed by atoms with E-state index >= 15 is 0 Å². The lowest BCUT2D eigenvalue weighted by molar-refractivity contribution is 0.590. The predicted octanol–water partition coefficient (Wildman–Crippen LogP) is 13.9.